The van der Waals surface area contributed by atoms with Gasteiger partial charge in [-0.1, -0.05) is 0 Å². The van der Waals surface area contributed by atoms with Crippen LogP contribution in [0.1, 0.15) is 40.8 Å². The molecule has 2 fully saturated rings. The second-order valence-corrected chi connectivity index (χ2v) is 10.3. The molecule has 33 heavy (non-hydrogen) atoms. The lowest BCUT2D eigenvalue weighted by molar-refractivity contribution is -0.198. The Balaban J connectivity index is 1.62. The van der Waals surface area contributed by atoms with E-state index in [1.165, 1.54) is 12.7 Å². The third-order valence-electron chi connectivity index (χ3n) is 4.77. The molecule has 0 bridgehead atoms. The van der Waals surface area contributed by atoms with E-state index in [0.717, 1.165) is 0 Å². The first-order chi connectivity index (χ1) is 15.2. The van der Waals surface area contributed by atoms with Gasteiger partial charge in [0.15, 0.2) is 29.0 Å². The van der Waals surface area contributed by atoms with Gasteiger partial charge >= 0.3 is 16.4 Å². The molecule has 4 atom stereocenters. The number of rotatable bonds is 5. The second kappa shape index (κ2) is 8.11. The van der Waals surface area contributed by atoms with Gasteiger partial charge in [-0.2, -0.15) is 8.42 Å². The Bertz CT molecular complexity index is 1160. The highest BCUT2D eigenvalue weighted by Crippen LogP contribution is 2.44. The third kappa shape index (κ3) is 5.23. The summed E-state index contributed by atoms with van der Waals surface area (Å²) in [6, 6.07) is 0. The third-order valence-corrected chi connectivity index (χ3v) is 5.24. The van der Waals surface area contributed by atoms with Crippen LogP contribution in [0.25, 0.3) is 11.2 Å². The van der Waals surface area contributed by atoms with Crippen LogP contribution in [0.3, 0.4) is 0 Å². The number of imidazole rings is 1. The molecular formula is C18H26N6O8S. The number of carbonyl (C=O) groups is 1. The largest absolute Gasteiger partial charge is 0.444 e. The van der Waals surface area contributed by atoms with Crippen LogP contribution in [0.4, 0.5) is 10.6 Å². The Labute approximate surface area is 190 Å². The van der Waals surface area contributed by atoms with E-state index in [-0.39, 0.29) is 12.4 Å². The number of nitrogens with two attached hydrogens (primary N) is 1. The number of hydrogen-bond donors (Lipinski definition) is 2. The second-order valence-electron chi connectivity index (χ2n) is 9.08. The molecule has 0 aliphatic carbocycles. The van der Waals surface area contributed by atoms with E-state index in [2.05, 4.69) is 20.3 Å². The van der Waals surface area contributed by atoms with Gasteiger partial charge in [0.1, 0.15) is 30.2 Å². The van der Waals surface area contributed by atoms with Crippen molar-refractivity contribution >= 4 is 33.4 Å². The fourth-order valence-electron chi connectivity index (χ4n) is 3.71. The molecule has 15 heteroatoms. The lowest BCUT2D eigenvalue weighted by Crippen LogP contribution is -2.34. The van der Waals surface area contributed by atoms with Gasteiger partial charge in [0, 0.05) is 0 Å². The van der Waals surface area contributed by atoms with Crippen LogP contribution in [-0.2, 0) is 33.4 Å². The topological polar surface area (TPSA) is 179 Å². The Morgan fingerprint density at radius 2 is 1.94 bits per heavy atom. The summed E-state index contributed by atoms with van der Waals surface area (Å²) in [7, 11) is -4.17. The molecule has 2 saturated heterocycles. The number of aromatic nitrogens is 4. The molecule has 0 radical (unpaired) electrons. The Hall–Kier alpha value is -2.43. The number of amides is 1. The average Bonchev–Trinajstić information content (AvgIpc) is 3.29. The van der Waals surface area contributed by atoms with Crippen LogP contribution >= 0.6 is 0 Å². The Morgan fingerprint density at radius 3 is 2.61 bits per heavy atom. The van der Waals surface area contributed by atoms with Gasteiger partial charge in [0.25, 0.3) is 0 Å². The van der Waals surface area contributed by atoms with Crippen LogP contribution in [0, 0.1) is 0 Å². The molecule has 2 aliphatic rings. The number of anilines is 1. The standard InChI is InChI=1S/C18H26N6O8S/c1-17(2,3)32-16(25)23-13-10-14(21-7-20-13)24(8-22-10)15-12-11(30-18(4,5)31-12)9(29-15)6-28-33(19,26)27/h7-9,11-12,15H,6H2,1-5H3,(H2,19,26,27)(H,20,21,23,25)/t9-,11-,12-,15-/m1/s1. The summed E-state index contributed by atoms with van der Waals surface area (Å²) in [5, 5.41) is 7.51. The van der Waals surface area contributed by atoms with Gasteiger partial charge in [0.05, 0.1) is 12.9 Å². The maximum absolute atomic E-state index is 12.2. The molecule has 4 rings (SSSR count). The molecule has 3 N–H and O–H groups in total. The van der Waals surface area contributed by atoms with Crippen molar-refractivity contribution in [2.75, 3.05) is 11.9 Å². The summed E-state index contributed by atoms with van der Waals surface area (Å²) in [6.07, 6.45) is -0.799. The lowest BCUT2D eigenvalue weighted by atomic mass is 10.1. The minimum atomic E-state index is -4.17. The number of nitrogens with one attached hydrogen (secondary N) is 1. The van der Waals surface area contributed by atoms with E-state index < -0.39 is 52.3 Å². The highest BCUT2D eigenvalue weighted by molar-refractivity contribution is 7.84. The van der Waals surface area contributed by atoms with Crippen LogP contribution in [-0.4, -0.2) is 70.3 Å². The van der Waals surface area contributed by atoms with Gasteiger partial charge in [-0.25, -0.2) is 24.9 Å². The molecule has 1 amide bonds. The fourth-order valence-corrected chi connectivity index (χ4v) is 4.03. The van der Waals surface area contributed by atoms with Crippen molar-refractivity contribution in [1.29, 1.82) is 0 Å². The minimum absolute atomic E-state index is 0.153. The first kappa shape index (κ1) is 23.7. The summed E-state index contributed by atoms with van der Waals surface area (Å²) >= 11 is 0. The Morgan fingerprint density at radius 1 is 1.24 bits per heavy atom. The van der Waals surface area contributed by atoms with Gasteiger partial charge in [0.2, 0.25) is 0 Å². The van der Waals surface area contributed by atoms with E-state index in [9.17, 15) is 13.2 Å². The Kier molecular flexibility index (Phi) is 5.83. The predicted octanol–water partition coefficient (Wildman–Crippen LogP) is 0.811. The van der Waals surface area contributed by atoms with Crippen molar-refractivity contribution < 1.29 is 36.3 Å². The maximum atomic E-state index is 12.2. The summed E-state index contributed by atoms with van der Waals surface area (Å²) in [6.45, 7) is 8.33. The van der Waals surface area contributed by atoms with E-state index in [1.54, 1.807) is 39.2 Å². The molecule has 2 aromatic heterocycles. The van der Waals surface area contributed by atoms with Crippen molar-refractivity contribution in [3.63, 3.8) is 0 Å². The zero-order valence-electron chi connectivity index (χ0n) is 18.7. The van der Waals surface area contributed by atoms with Crippen LogP contribution < -0.4 is 10.5 Å². The molecular weight excluding hydrogens is 460 g/mol. The smallest absolute Gasteiger partial charge is 0.413 e. The monoisotopic (exact) mass is 486 g/mol. The number of fused-ring (bicyclic) bond motifs is 2. The predicted molar refractivity (Wildman–Crippen MR) is 112 cm³/mol. The zero-order valence-corrected chi connectivity index (χ0v) is 19.5. The lowest BCUT2D eigenvalue weighted by Gasteiger charge is -2.24. The molecule has 0 aromatic carbocycles. The van der Waals surface area contributed by atoms with Crippen LogP contribution in [0.2, 0.25) is 0 Å². The van der Waals surface area contributed by atoms with E-state index in [0.29, 0.717) is 11.2 Å². The minimum Gasteiger partial charge on any atom is -0.444 e. The number of nitrogens with zero attached hydrogens (tertiary/aromatic N) is 4. The summed E-state index contributed by atoms with van der Waals surface area (Å²) < 4.78 is 52.0. The molecule has 14 nitrogen and oxygen atoms in total. The molecule has 2 aromatic rings. The highest BCUT2D eigenvalue weighted by Gasteiger charge is 2.56. The molecule has 0 saturated carbocycles. The SMILES string of the molecule is CC(C)(C)OC(=O)Nc1ncnc2c1ncn2[C@@H]1O[C@H](COS(N)(=O)=O)[C@H]2OC(C)(C)O[C@H]21. The van der Waals surface area contributed by atoms with Crippen molar-refractivity contribution in [3.05, 3.63) is 12.7 Å². The molecule has 0 spiro atoms. The van der Waals surface area contributed by atoms with Gasteiger partial charge in [-0.3, -0.25) is 14.1 Å². The van der Waals surface area contributed by atoms with E-state index in [1.807, 2.05) is 0 Å². The number of ether oxygens (including phenoxy) is 4. The first-order valence-corrected chi connectivity index (χ1v) is 11.6. The van der Waals surface area contributed by atoms with Crippen molar-refractivity contribution in [1.82, 2.24) is 19.5 Å². The fraction of sp³-hybridized carbons (Fsp3) is 0.667. The van der Waals surface area contributed by atoms with Gasteiger partial charge in [-0.05, 0) is 34.6 Å². The normalized spacial score (nSPS) is 27.0. The summed E-state index contributed by atoms with van der Waals surface area (Å²) in [5.41, 5.74) is -0.0461. The van der Waals surface area contributed by atoms with Crippen molar-refractivity contribution in [2.24, 2.45) is 5.14 Å². The van der Waals surface area contributed by atoms with E-state index in [4.69, 9.17) is 28.3 Å². The van der Waals surface area contributed by atoms with E-state index >= 15 is 0 Å². The average molecular weight is 487 g/mol. The molecule has 182 valence electrons. The maximum Gasteiger partial charge on any atom is 0.413 e. The van der Waals surface area contributed by atoms with Crippen molar-refractivity contribution in [3.8, 4) is 0 Å². The van der Waals surface area contributed by atoms with Crippen LogP contribution in [0.5, 0.6) is 0 Å². The molecule has 2 aliphatic heterocycles. The molecule has 4 heterocycles. The summed E-state index contributed by atoms with van der Waals surface area (Å²) in [5.74, 6) is -0.785. The number of carbonyl (C=O) groups excluding carboxylic acids is 1. The summed E-state index contributed by atoms with van der Waals surface area (Å²) in [4.78, 5) is 24.9. The van der Waals surface area contributed by atoms with Crippen LogP contribution in [0.15, 0.2) is 12.7 Å². The first-order valence-electron chi connectivity index (χ1n) is 10.1. The van der Waals surface area contributed by atoms with Crippen molar-refractivity contribution in [2.45, 2.75) is 70.5 Å². The molecule has 0 unspecified atom stereocenters. The number of hydrogen-bond acceptors (Lipinski definition) is 11. The highest BCUT2D eigenvalue weighted by atomic mass is 32.2. The zero-order chi connectivity index (χ0) is 24.2. The van der Waals surface area contributed by atoms with Gasteiger partial charge in [-0.15, -0.1) is 0 Å². The quantitative estimate of drug-likeness (QED) is 0.610. The van der Waals surface area contributed by atoms with Gasteiger partial charge < -0.3 is 18.9 Å².